The molecule has 0 aliphatic carbocycles. The fourth-order valence-corrected chi connectivity index (χ4v) is 3.73. The van der Waals surface area contributed by atoms with Gasteiger partial charge >= 0.3 is 0 Å². The molecule has 4 heteroatoms. The van der Waals surface area contributed by atoms with Crippen molar-refractivity contribution < 1.29 is 0 Å². The second-order valence-corrected chi connectivity index (χ2v) is 6.62. The Morgan fingerprint density at radius 2 is 2.21 bits per heavy atom. The minimum Gasteiger partial charge on any atom is -0.329 e. The summed E-state index contributed by atoms with van der Waals surface area (Å²) in [6, 6.07) is 7.70. The van der Waals surface area contributed by atoms with E-state index < -0.39 is 0 Å². The van der Waals surface area contributed by atoms with E-state index in [1.54, 1.807) is 0 Å². The van der Waals surface area contributed by atoms with Gasteiger partial charge in [0.2, 0.25) is 0 Å². The molecule has 1 aliphatic rings. The molecule has 2 nitrogen and oxygen atoms in total. The molecule has 1 fully saturated rings. The predicted octanol–water partition coefficient (Wildman–Crippen LogP) is 4.37. The Bertz CT molecular complexity index is 438. The van der Waals surface area contributed by atoms with E-state index in [1.165, 1.54) is 24.8 Å². The molecule has 0 radical (unpaired) electrons. The Kier molecular flexibility index (Phi) is 5.29. The maximum Gasteiger partial charge on any atom is 0.0548 e. The summed E-state index contributed by atoms with van der Waals surface area (Å²) in [5.74, 6) is 0. The third-order valence-corrected chi connectivity index (χ3v) is 5.45. The molecule has 0 bridgehead atoms. The van der Waals surface area contributed by atoms with Crippen molar-refractivity contribution in [2.24, 2.45) is 5.73 Å². The van der Waals surface area contributed by atoms with Gasteiger partial charge in [-0.3, -0.25) is 4.90 Å². The molecule has 3 atom stereocenters. The van der Waals surface area contributed by atoms with Crippen LogP contribution in [0.1, 0.15) is 44.7 Å². The lowest BCUT2D eigenvalue weighted by molar-refractivity contribution is 0.137. The largest absolute Gasteiger partial charge is 0.329 e. The third-order valence-electron chi connectivity index (χ3n) is 4.23. The lowest BCUT2D eigenvalue weighted by atomic mass is 10.0. The Morgan fingerprint density at radius 3 is 2.79 bits per heavy atom. The predicted molar refractivity (Wildman–Crippen MR) is 85.6 cm³/mol. The van der Waals surface area contributed by atoms with Crippen LogP contribution in [0.15, 0.2) is 22.7 Å². The number of halogens is 2. The van der Waals surface area contributed by atoms with Gasteiger partial charge in [-0.2, -0.15) is 0 Å². The summed E-state index contributed by atoms with van der Waals surface area (Å²) >= 11 is 9.59. The van der Waals surface area contributed by atoms with Crippen LogP contribution in [0.25, 0.3) is 0 Å². The Morgan fingerprint density at radius 1 is 1.47 bits per heavy atom. The van der Waals surface area contributed by atoms with E-state index in [2.05, 4.69) is 46.8 Å². The summed E-state index contributed by atoms with van der Waals surface area (Å²) in [6.45, 7) is 5.22. The zero-order valence-corrected chi connectivity index (χ0v) is 13.9. The maximum absolute atomic E-state index is 6.08. The van der Waals surface area contributed by atoms with Gasteiger partial charge < -0.3 is 5.73 Å². The van der Waals surface area contributed by atoms with Crippen molar-refractivity contribution in [3.63, 3.8) is 0 Å². The molecule has 1 aliphatic heterocycles. The third kappa shape index (κ3) is 3.15. The summed E-state index contributed by atoms with van der Waals surface area (Å²) in [6.07, 6.45) is 3.74. The van der Waals surface area contributed by atoms with E-state index in [9.17, 15) is 0 Å². The molecule has 1 heterocycles. The van der Waals surface area contributed by atoms with E-state index in [0.29, 0.717) is 18.6 Å². The first kappa shape index (κ1) is 15.3. The van der Waals surface area contributed by atoms with Crippen molar-refractivity contribution in [3.05, 3.63) is 33.3 Å². The Hall–Kier alpha value is -0.0900. The molecule has 2 N–H and O–H groups in total. The minimum atomic E-state index is 0.288. The highest BCUT2D eigenvalue weighted by atomic mass is 79.9. The number of hydrogen-bond acceptors (Lipinski definition) is 2. The number of nitrogens with two attached hydrogens (primary N) is 1. The van der Waals surface area contributed by atoms with E-state index >= 15 is 0 Å². The molecule has 0 aromatic heterocycles. The highest BCUT2D eigenvalue weighted by Crippen LogP contribution is 2.36. The van der Waals surface area contributed by atoms with Crippen molar-refractivity contribution in [1.29, 1.82) is 0 Å². The first-order valence-corrected chi connectivity index (χ1v) is 8.18. The summed E-state index contributed by atoms with van der Waals surface area (Å²) in [5.41, 5.74) is 7.32. The minimum absolute atomic E-state index is 0.288. The Labute approximate surface area is 129 Å². The number of likely N-dealkylation sites (tertiary alicyclic amines) is 1. The molecule has 1 saturated heterocycles. The van der Waals surface area contributed by atoms with Crippen molar-refractivity contribution >= 4 is 27.5 Å². The standard InChI is InChI=1S/C15H22BrClN2/c1-3-12-6-4-10(2)19(12)15(9-18)11-5-7-14(17)13(16)8-11/h5,7-8,10,12,15H,3-4,6,9,18H2,1-2H3. The van der Waals surface area contributed by atoms with Crippen LogP contribution >= 0.6 is 27.5 Å². The molecule has 0 saturated carbocycles. The molecule has 1 aromatic rings. The molecule has 2 rings (SSSR count). The zero-order chi connectivity index (χ0) is 14.0. The van der Waals surface area contributed by atoms with Gasteiger partial charge in [0.1, 0.15) is 0 Å². The van der Waals surface area contributed by atoms with Gasteiger partial charge in [0.25, 0.3) is 0 Å². The van der Waals surface area contributed by atoms with Crippen LogP contribution in [0.4, 0.5) is 0 Å². The van der Waals surface area contributed by atoms with Crippen LogP contribution in [0.3, 0.4) is 0 Å². The van der Waals surface area contributed by atoms with Gasteiger partial charge in [-0.15, -0.1) is 0 Å². The molecule has 106 valence electrons. The van der Waals surface area contributed by atoms with Gasteiger partial charge in [0, 0.05) is 29.1 Å². The van der Waals surface area contributed by atoms with Crippen LogP contribution in [-0.4, -0.2) is 23.5 Å². The van der Waals surface area contributed by atoms with E-state index in [4.69, 9.17) is 17.3 Å². The second-order valence-electron chi connectivity index (χ2n) is 5.36. The van der Waals surface area contributed by atoms with E-state index in [1.807, 2.05) is 6.07 Å². The van der Waals surface area contributed by atoms with Gasteiger partial charge in [-0.25, -0.2) is 0 Å². The van der Waals surface area contributed by atoms with Crippen molar-refractivity contribution in [1.82, 2.24) is 4.90 Å². The van der Waals surface area contributed by atoms with Crippen LogP contribution in [0.2, 0.25) is 5.02 Å². The molecular formula is C15H22BrClN2. The quantitative estimate of drug-likeness (QED) is 0.878. The number of rotatable bonds is 4. The van der Waals surface area contributed by atoms with Gasteiger partial charge in [0.05, 0.1) is 5.02 Å². The second kappa shape index (κ2) is 6.57. The highest BCUT2D eigenvalue weighted by molar-refractivity contribution is 9.10. The zero-order valence-electron chi connectivity index (χ0n) is 11.6. The van der Waals surface area contributed by atoms with Gasteiger partial charge in [0.15, 0.2) is 0 Å². The average molecular weight is 346 g/mol. The number of nitrogens with zero attached hydrogens (tertiary/aromatic N) is 1. The number of hydrogen-bond donors (Lipinski definition) is 1. The topological polar surface area (TPSA) is 29.3 Å². The van der Waals surface area contributed by atoms with Crippen LogP contribution in [0, 0.1) is 0 Å². The lowest BCUT2D eigenvalue weighted by Gasteiger charge is -2.36. The summed E-state index contributed by atoms with van der Waals surface area (Å²) in [5, 5.41) is 0.751. The first-order chi connectivity index (χ1) is 9.08. The van der Waals surface area contributed by atoms with Crippen LogP contribution in [0.5, 0.6) is 0 Å². The average Bonchev–Trinajstić information content (AvgIpc) is 2.76. The van der Waals surface area contributed by atoms with Crippen molar-refractivity contribution in [3.8, 4) is 0 Å². The lowest BCUT2D eigenvalue weighted by Crippen LogP contribution is -2.41. The molecule has 19 heavy (non-hydrogen) atoms. The number of benzene rings is 1. The SMILES string of the molecule is CCC1CCC(C)N1C(CN)c1ccc(Cl)c(Br)c1. The van der Waals surface area contributed by atoms with Gasteiger partial charge in [-0.05, 0) is 59.8 Å². The van der Waals surface area contributed by atoms with Crippen LogP contribution < -0.4 is 5.73 Å². The maximum atomic E-state index is 6.08. The van der Waals surface area contributed by atoms with E-state index in [-0.39, 0.29) is 6.04 Å². The Balaban J connectivity index is 2.30. The highest BCUT2D eigenvalue weighted by Gasteiger charge is 2.34. The van der Waals surface area contributed by atoms with Crippen molar-refractivity contribution in [2.75, 3.05) is 6.54 Å². The summed E-state index contributed by atoms with van der Waals surface area (Å²) in [4.78, 5) is 2.59. The summed E-state index contributed by atoms with van der Waals surface area (Å²) < 4.78 is 0.949. The molecule has 3 unspecified atom stereocenters. The van der Waals surface area contributed by atoms with Crippen LogP contribution in [-0.2, 0) is 0 Å². The van der Waals surface area contributed by atoms with Crippen molar-refractivity contribution in [2.45, 2.75) is 51.2 Å². The molecule has 1 aromatic carbocycles. The van der Waals surface area contributed by atoms with Gasteiger partial charge in [-0.1, -0.05) is 24.6 Å². The normalized spacial score (nSPS) is 25.7. The fraction of sp³-hybridized carbons (Fsp3) is 0.600. The molecule has 0 amide bonds. The fourth-order valence-electron chi connectivity index (χ4n) is 3.22. The smallest absolute Gasteiger partial charge is 0.0548 e. The molecular weight excluding hydrogens is 324 g/mol. The molecule has 0 spiro atoms. The summed E-state index contributed by atoms with van der Waals surface area (Å²) in [7, 11) is 0. The monoisotopic (exact) mass is 344 g/mol. The van der Waals surface area contributed by atoms with E-state index in [0.717, 1.165) is 9.50 Å². The first-order valence-electron chi connectivity index (χ1n) is 7.00.